The molecule has 2 atom stereocenters. The number of aliphatic hydroxyl groups excluding tert-OH is 1. The third-order valence-corrected chi connectivity index (χ3v) is 8.06. The van der Waals surface area contributed by atoms with Crippen molar-refractivity contribution in [3.63, 3.8) is 0 Å². The molecule has 0 spiro atoms. The first kappa shape index (κ1) is 31.1. The third kappa shape index (κ3) is 6.45. The van der Waals surface area contributed by atoms with E-state index in [-0.39, 0.29) is 28.0 Å². The molecule has 1 unspecified atom stereocenters. The summed E-state index contributed by atoms with van der Waals surface area (Å²) in [7, 11) is 2.90. The number of halogens is 2. The first-order valence-corrected chi connectivity index (χ1v) is 14.4. The molecule has 1 amide bonds. The first-order chi connectivity index (χ1) is 21.2. The molecule has 0 aliphatic carbocycles. The maximum atomic E-state index is 13.0. The van der Waals surface area contributed by atoms with Crippen molar-refractivity contribution in [2.75, 3.05) is 25.6 Å². The number of methoxy groups -OCH3 is 1. The smallest absolute Gasteiger partial charge is 0.279 e. The van der Waals surface area contributed by atoms with E-state index in [2.05, 4.69) is 15.7 Å². The lowest BCUT2D eigenvalue weighted by Crippen LogP contribution is -2.46. The highest BCUT2D eigenvalue weighted by atomic mass is 35.5. The lowest BCUT2D eigenvalue weighted by Gasteiger charge is -2.28. The van der Waals surface area contributed by atoms with Gasteiger partial charge in [0.05, 0.1) is 41.2 Å². The quantitative estimate of drug-likeness (QED) is 0.259. The third-order valence-electron chi connectivity index (χ3n) is 7.25. The Kier molecular flexibility index (Phi) is 9.58. The Balaban J connectivity index is 1.42. The zero-order valence-electron chi connectivity index (χ0n) is 23.8. The predicted octanol–water partition coefficient (Wildman–Crippen LogP) is 4.19. The van der Waals surface area contributed by atoms with Gasteiger partial charge in [-0.3, -0.25) is 9.59 Å². The van der Waals surface area contributed by atoms with Gasteiger partial charge in [-0.15, -0.1) is 0 Å². The Labute approximate surface area is 263 Å². The van der Waals surface area contributed by atoms with Crippen molar-refractivity contribution >= 4 is 34.8 Å². The molecule has 1 fully saturated rings. The molecule has 4 aromatic rings. The Hall–Kier alpha value is -4.31. The number of ether oxygens (including phenoxy) is 2. The highest BCUT2D eigenvalue weighted by molar-refractivity contribution is 6.39. The van der Waals surface area contributed by atoms with E-state index in [1.54, 1.807) is 31.4 Å². The van der Waals surface area contributed by atoms with Crippen LogP contribution in [0.5, 0.6) is 5.88 Å². The minimum atomic E-state index is -0.736. The van der Waals surface area contributed by atoms with Gasteiger partial charge in [0.15, 0.2) is 5.69 Å². The number of aromatic nitrogens is 3. The number of anilines is 1. The number of pyridine rings is 1. The summed E-state index contributed by atoms with van der Waals surface area (Å²) in [6.45, 7) is 1.34. The SMILES string of the molecule is COc1nc(-c2cccc(-c3cccc(NC(=O)c4cc(C#N)nn(C)c4=O)c3Cl)c2Cl)ccc1CNC1CCOC[C@@H]1O. The maximum Gasteiger partial charge on any atom is 0.279 e. The van der Waals surface area contributed by atoms with Gasteiger partial charge in [0, 0.05) is 48.5 Å². The van der Waals surface area contributed by atoms with Crippen molar-refractivity contribution in [1.82, 2.24) is 20.1 Å². The maximum absolute atomic E-state index is 13.0. The average molecular weight is 636 g/mol. The van der Waals surface area contributed by atoms with Crippen LogP contribution in [0.15, 0.2) is 59.4 Å². The summed E-state index contributed by atoms with van der Waals surface area (Å²) in [6, 6.07) is 17.1. The Bertz CT molecular complexity index is 1820. The van der Waals surface area contributed by atoms with Gasteiger partial charge in [0.2, 0.25) is 5.88 Å². The van der Waals surface area contributed by atoms with Gasteiger partial charge in [-0.25, -0.2) is 9.67 Å². The van der Waals surface area contributed by atoms with Crippen LogP contribution in [0.1, 0.15) is 28.0 Å². The molecule has 0 bridgehead atoms. The zero-order chi connectivity index (χ0) is 31.4. The molecule has 3 heterocycles. The Morgan fingerprint density at radius 1 is 1.16 bits per heavy atom. The zero-order valence-corrected chi connectivity index (χ0v) is 25.3. The van der Waals surface area contributed by atoms with Crippen molar-refractivity contribution < 1.29 is 19.4 Å². The number of aryl methyl sites for hydroxylation is 1. The second-order valence-corrected chi connectivity index (χ2v) is 10.8. The number of amides is 1. The molecular weight excluding hydrogens is 607 g/mol. The summed E-state index contributed by atoms with van der Waals surface area (Å²) in [5, 5.41) is 29.8. The highest BCUT2D eigenvalue weighted by Gasteiger charge is 2.24. The Morgan fingerprint density at radius 3 is 2.61 bits per heavy atom. The summed E-state index contributed by atoms with van der Waals surface area (Å²) < 4.78 is 11.8. The molecule has 5 rings (SSSR count). The van der Waals surface area contributed by atoms with E-state index in [1.165, 1.54) is 7.05 Å². The normalized spacial score (nSPS) is 16.3. The van der Waals surface area contributed by atoms with Crippen molar-refractivity contribution in [2.45, 2.75) is 25.1 Å². The van der Waals surface area contributed by atoms with Crippen LogP contribution in [-0.4, -0.2) is 58.2 Å². The van der Waals surface area contributed by atoms with Crippen LogP contribution in [0.3, 0.4) is 0 Å². The minimum Gasteiger partial charge on any atom is -0.481 e. The van der Waals surface area contributed by atoms with Crippen LogP contribution in [0.25, 0.3) is 22.4 Å². The summed E-state index contributed by atoms with van der Waals surface area (Å²) in [6.07, 6.45) is 0.122. The number of benzene rings is 2. The van der Waals surface area contributed by atoms with Crippen LogP contribution in [-0.2, 0) is 18.3 Å². The van der Waals surface area contributed by atoms with E-state index < -0.39 is 17.6 Å². The molecule has 226 valence electrons. The fraction of sp³-hybridized carbons (Fsp3) is 0.258. The lowest BCUT2D eigenvalue weighted by molar-refractivity contribution is -0.0281. The van der Waals surface area contributed by atoms with Crippen LogP contribution in [0.4, 0.5) is 5.69 Å². The van der Waals surface area contributed by atoms with Crippen LogP contribution in [0.2, 0.25) is 10.0 Å². The monoisotopic (exact) mass is 634 g/mol. The second kappa shape index (κ2) is 13.5. The molecule has 11 nitrogen and oxygen atoms in total. The van der Waals surface area contributed by atoms with Crippen LogP contribution >= 0.6 is 23.2 Å². The van der Waals surface area contributed by atoms with Gasteiger partial charge in [0.1, 0.15) is 11.6 Å². The van der Waals surface area contributed by atoms with Gasteiger partial charge in [0.25, 0.3) is 11.5 Å². The topological polar surface area (TPSA) is 151 Å². The molecule has 0 radical (unpaired) electrons. The lowest BCUT2D eigenvalue weighted by atomic mass is 10.00. The van der Waals surface area contributed by atoms with Gasteiger partial charge >= 0.3 is 0 Å². The fourth-order valence-corrected chi connectivity index (χ4v) is 5.52. The molecule has 1 aliphatic heterocycles. The largest absolute Gasteiger partial charge is 0.481 e. The predicted molar refractivity (Wildman–Crippen MR) is 166 cm³/mol. The van der Waals surface area contributed by atoms with E-state index in [9.17, 15) is 20.0 Å². The standard InChI is InChI=1S/C31H28Cl2N6O5/c1-39-31(42)22(13-18(14-34)38-39)29(41)36-25-8-4-6-20(28(25)33)19-5-3-7-21(27(19)32)23-10-9-17(30(37-23)43-2)15-35-24-11-12-44-16-26(24)40/h3-10,13,24,26,35,40H,11-12,15-16H2,1-2H3,(H,36,41)/t24?,26-/m0/s1. The number of rotatable bonds is 8. The summed E-state index contributed by atoms with van der Waals surface area (Å²) in [5.74, 6) is -0.317. The fourth-order valence-electron chi connectivity index (χ4n) is 4.92. The van der Waals surface area contributed by atoms with Gasteiger partial charge in [-0.2, -0.15) is 10.4 Å². The van der Waals surface area contributed by atoms with E-state index in [1.807, 2.05) is 30.3 Å². The van der Waals surface area contributed by atoms with Crippen molar-refractivity contribution in [3.05, 3.63) is 91.8 Å². The van der Waals surface area contributed by atoms with E-state index >= 15 is 0 Å². The first-order valence-electron chi connectivity index (χ1n) is 13.6. The number of nitriles is 1. The van der Waals surface area contributed by atoms with Crippen molar-refractivity contribution in [2.24, 2.45) is 7.05 Å². The summed E-state index contributed by atoms with van der Waals surface area (Å²) in [5.41, 5.74) is 2.44. The number of nitrogens with zero attached hydrogens (tertiary/aromatic N) is 4. The van der Waals surface area contributed by atoms with Crippen molar-refractivity contribution in [3.8, 4) is 34.3 Å². The van der Waals surface area contributed by atoms with Crippen molar-refractivity contribution in [1.29, 1.82) is 5.26 Å². The number of aliphatic hydroxyl groups is 1. The van der Waals surface area contributed by atoms with Gasteiger partial charge in [-0.1, -0.05) is 59.6 Å². The van der Waals surface area contributed by atoms with Gasteiger partial charge in [-0.05, 0) is 24.6 Å². The van der Waals surface area contributed by atoms with Crippen LogP contribution in [0, 0.1) is 11.3 Å². The summed E-state index contributed by atoms with van der Waals surface area (Å²) in [4.78, 5) is 30.2. The molecule has 1 aliphatic rings. The highest BCUT2D eigenvalue weighted by Crippen LogP contribution is 2.41. The summed E-state index contributed by atoms with van der Waals surface area (Å²) >= 11 is 13.7. The minimum absolute atomic E-state index is 0.0756. The number of hydrogen-bond donors (Lipinski definition) is 3. The molecule has 2 aromatic carbocycles. The number of carbonyl (C=O) groups is 1. The average Bonchev–Trinajstić information content (AvgIpc) is 3.03. The molecule has 1 saturated heterocycles. The molecule has 44 heavy (non-hydrogen) atoms. The molecule has 2 aromatic heterocycles. The molecular formula is C31H28Cl2N6O5. The Morgan fingerprint density at radius 2 is 1.89 bits per heavy atom. The molecule has 3 N–H and O–H groups in total. The number of hydrogen-bond acceptors (Lipinski definition) is 9. The number of carbonyl (C=O) groups excluding carboxylic acids is 1. The number of nitrogens with one attached hydrogen (secondary N) is 2. The second-order valence-electron chi connectivity index (χ2n) is 10.1. The molecule has 13 heteroatoms. The van der Waals surface area contributed by atoms with E-state index in [0.29, 0.717) is 59.5 Å². The molecule has 0 saturated carbocycles. The van der Waals surface area contributed by atoms with Gasteiger partial charge < -0.3 is 25.2 Å². The van der Waals surface area contributed by atoms with E-state index in [0.717, 1.165) is 16.3 Å². The van der Waals surface area contributed by atoms with Crippen LogP contribution < -0.4 is 20.9 Å². The van der Waals surface area contributed by atoms with E-state index in [4.69, 9.17) is 37.7 Å².